The maximum absolute atomic E-state index is 13.1. The molecule has 0 saturated carbocycles. The van der Waals surface area contributed by atoms with Crippen LogP contribution in [0.4, 0.5) is 4.39 Å². The van der Waals surface area contributed by atoms with E-state index in [0.717, 1.165) is 5.56 Å². The van der Waals surface area contributed by atoms with Crippen LogP contribution >= 0.6 is 0 Å². The molecule has 34 heavy (non-hydrogen) atoms. The van der Waals surface area contributed by atoms with Gasteiger partial charge in [0.1, 0.15) is 17.3 Å². The van der Waals surface area contributed by atoms with E-state index in [0.29, 0.717) is 56.1 Å². The second kappa shape index (κ2) is 10.1. The van der Waals surface area contributed by atoms with Gasteiger partial charge in [0.2, 0.25) is 0 Å². The van der Waals surface area contributed by atoms with E-state index in [1.54, 1.807) is 40.1 Å². The molecule has 0 spiro atoms. The van der Waals surface area contributed by atoms with Crippen molar-refractivity contribution in [1.82, 2.24) is 14.7 Å². The van der Waals surface area contributed by atoms with Gasteiger partial charge in [0.05, 0.1) is 14.2 Å². The first-order chi connectivity index (χ1) is 16.4. The predicted molar refractivity (Wildman–Crippen MR) is 122 cm³/mol. The Morgan fingerprint density at radius 2 is 1.53 bits per heavy atom. The number of benzene rings is 2. The number of hydrogen-bond acceptors (Lipinski definition) is 5. The number of rotatable bonds is 6. The van der Waals surface area contributed by atoms with Gasteiger partial charge in [-0.3, -0.25) is 14.4 Å². The van der Waals surface area contributed by atoms with Crippen molar-refractivity contribution < 1.29 is 28.2 Å². The number of piperidine rings is 1. The first-order valence-electron chi connectivity index (χ1n) is 11.3. The minimum Gasteiger partial charge on any atom is -0.497 e. The van der Waals surface area contributed by atoms with Crippen LogP contribution in [-0.2, 0) is 16.1 Å². The van der Waals surface area contributed by atoms with Crippen LogP contribution in [0.5, 0.6) is 11.5 Å². The molecule has 2 fully saturated rings. The molecule has 2 heterocycles. The van der Waals surface area contributed by atoms with Crippen molar-refractivity contribution in [1.29, 1.82) is 0 Å². The Morgan fingerprint density at radius 3 is 2.12 bits per heavy atom. The lowest BCUT2D eigenvalue weighted by molar-refractivity contribution is -0.158. The highest BCUT2D eigenvalue weighted by Crippen LogP contribution is 2.26. The molecule has 0 unspecified atom stereocenters. The van der Waals surface area contributed by atoms with Crippen molar-refractivity contribution in [2.45, 2.75) is 25.4 Å². The van der Waals surface area contributed by atoms with Gasteiger partial charge in [0.15, 0.2) is 0 Å². The summed E-state index contributed by atoms with van der Waals surface area (Å²) in [6.07, 6.45) is 1.20. The molecule has 0 radical (unpaired) electrons. The van der Waals surface area contributed by atoms with E-state index in [4.69, 9.17) is 9.47 Å². The number of amides is 3. The van der Waals surface area contributed by atoms with Crippen molar-refractivity contribution in [3.63, 3.8) is 0 Å². The van der Waals surface area contributed by atoms with Crippen LogP contribution in [0.25, 0.3) is 0 Å². The second-order valence-electron chi connectivity index (χ2n) is 8.48. The van der Waals surface area contributed by atoms with Crippen molar-refractivity contribution >= 4 is 17.7 Å². The summed E-state index contributed by atoms with van der Waals surface area (Å²) in [7, 11) is 3.07. The second-order valence-corrected chi connectivity index (χ2v) is 8.48. The molecular weight excluding hydrogens is 441 g/mol. The summed E-state index contributed by atoms with van der Waals surface area (Å²) < 4.78 is 23.6. The molecule has 0 atom stereocenters. The molecular formula is C25H28FN3O5. The van der Waals surface area contributed by atoms with E-state index in [1.165, 1.54) is 31.3 Å². The molecule has 2 aromatic rings. The SMILES string of the molecule is COc1cc(OC)cc(C(=O)N2CCC(N3CCN(Cc4ccc(F)cc4)C(=O)C3=O)CC2)c1. The van der Waals surface area contributed by atoms with Gasteiger partial charge in [-0.25, -0.2) is 4.39 Å². The average molecular weight is 470 g/mol. The zero-order valence-corrected chi connectivity index (χ0v) is 19.3. The van der Waals surface area contributed by atoms with Gasteiger partial charge in [-0.2, -0.15) is 0 Å². The van der Waals surface area contributed by atoms with Crippen LogP contribution < -0.4 is 9.47 Å². The van der Waals surface area contributed by atoms with Crippen LogP contribution in [-0.4, -0.2) is 78.9 Å². The Bertz CT molecular complexity index is 1040. The van der Waals surface area contributed by atoms with Gasteiger partial charge >= 0.3 is 11.8 Å². The largest absolute Gasteiger partial charge is 0.497 e. The zero-order chi connectivity index (χ0) is 24.2. The fourth-order valence-electron chi connectivity index (χ4n) is 4.49. The topological polar surface area (TPSA) is 79.4 Å². The molecule has 2 aliphatic rings. The van der Waals surface area contributed by atoms with E-state index in [9.17, 15) is 18.8 Å². The first kappa shape index (κ1) is 23.5. The van der Waals surface area contributed by atoms with Gasteiger partial charge < -0.3 is 24.2 Å². The van der Waals surface area contributed by atoms with Crippen LogP contribution in [0.1, 0.15) is 28.8 Å². The summed E-state index contributed by atoms with van der Waals surface area (Å²) in [6, 6.07) is 10.9. The Hall–Kier alpha value is -3.62. The highest BCUT2D eigenvalue weighted by atomic mass is 19.1. The number of hydrogen-bond donors (Lipinski definition) is 0. The summed E-state index contributed by atoms with van der Waals surface area (Å²) in [5.41, 5.74) is 1.26. The Kier molecular flexibility index (Phi) is 7.00. The zero-order valence-electron chi connectivity index (χ0n) is 19.3. The maximum atomic E-state index is 13.1. The van der Waals surface area contributed by atoms with Crippen molar-refractivity contribution in [3.8, 4) is 11.5 Å². The third-order valence-electron chi connectivity index (χ3n) is 6.42. The number of likely N-dealkylation sites (tertiary alicyclic amines) is 1. The monoisotopic (exact) mass is 469 g/mol. The molecule has 0 aliphatic carbocycles. The number of ether oxygens (including phenoxy) is 2. The van der Waals surface area contributed by atoms with E-state index in [2.05, 4.69) is 0 Å². The Morgan fingerprint density at radius 1 is 0.912 bits per heavy atom. The van der Waals surface area contributed by atoms with Crippen LogP contribution in [0.15, 0.2) is 42.5 Å². The molecule has 0 N–H and O–H groups in total. The third-order valence-corrected chi connectivity index (χ3v) is 6.42. The third kappa shape index (κ3) is 4.98. The lowest BCUT2D eigenvalue weighted by atomic mass is 10.0. The standard InChI is InChI=1S/C25H28FN3O5/c1-33-21-13-18(14-22(15-21)34-2)23(30)27-9-7-20(8-10-27)29-12-11-28(24(31)25(29)32)16-17-3-5-19(26)6-4-17/h3-6,13-15,20H,7-12,16H2,1-2H3. The van der Waals surface area contributed by atoms with E-state index >= 15 is 0 Å². The quantitative estimate of drug-likeness (QED) is 0.607. The number of methoxy groups -OCH3 is 2. The first-order valence-corrected chi connectivity index (χ1v) is 11.3. The molecule has 4 rings (SSSR count). The molecule has 2 aliphatic heterocycles. The molecule has 2 saturated heterocycles. The van der Waals surface area contributed by atoms with E-state index < -0.39 is 11.8 Å². The lowest BCUT2D eigenvalue weighted by Gasteiger charge is -2.42. The lowest BCUT2D eigenvalue weighted by Crippen LogP contribution is -2.59. The molecule has 0 bridgehead atoms. The molecule has 3 amide bonds. The molecule has 9 heteroatoms. The molecule has 8 nitrogen and oxygen atoms in total. The highest BCUT2D eigenvalue weighted by Gasteiger charge is 2.38. The summed E-state index contributed by atoms with van der Waals surface area (Å²) in [5, 5.41) is 0. The normalized spacial score (nSPS) is 17.2. The van der Waals surface area contributed by atoms with Crippen molar-refractivity contribution in [2.24, 2.45) is 0 Å². The Labute approximate surface area is 197 Å². The number of nitrogens with zero attached hydrogens (tertiary/aromatic N) is 3. The summed E-state index contributed by atoms with van der Waals surface area (Å²) >= 11 is 0. The smallest absolute Gasteiger partial charge is 0.312 e. The van der Waals surface area contributed by atoms with E-state index in [-0.39, 0.29) is 24.3 Å². The minimum atomic E-state index is -0.544. The van der Waals surface area contributed by atoms with Gasteiger partial charge in [-0.1, -0.05) is 12.1 Å². The maximum Gasteiger partial charge on any atom is 0.312 e. The van der Waals surface area contributed by atoms with Crippen molar-refractivity contribution in [3.05, 3.63) is 59.4 Å². The van der Waals surface area contributed by atoms with Gasteiger partial charge in [0, 0.05) is 50.4 Å². The number of carbonyl (C=O) groups is 3. The van der Waals surface area contributed by atoms with Gasteiger partial charge in [0.25, 0.3) is 5.91 Å². The summed E-state index contributed by atoms with van der Waals surface area (Å²) in [4.78, 5) is 43.4. The van der Waals surface area contributed by atoms with Gasteiger partial charge in [-0.15, -0.1) is 0 Å². The summed E-state index contributed by atoms with van der Waals surface area (Å²) in [5.74, 6) is -0.442. The van der Waals surface area contributed by atoms with Gasteiger partial charge in [-0.05, 0) is 42.7 Å². The van der Waals surface area contributed by atoms with Crippen LogP contribution in [0.2, 0.25) is 0 Å². The average Bonchev–Trinajstić information content (AvgIpc) is 2.87. The minimum absolute atomic E-state index is 0.0895. The fourth-order valence-corrected chi connectivity index (χ4v) is 4.49. The van der Waals surface area contributed by atoms with Crippen LogP contribution in [0, 0.1) is 5.82 Å². The molecule has 0 aromatic heterocycles. The van der Waals surface area contributed by atoms with E-state index in [1.807, 2.05) is 0 Å². The Balaban J connectivity index is 1.34. The number of carbonyl (C=O) groups excluding carboxylic acids is 3. The predicted octanol–water partition coefficient (Wildman–Crippen LogP) is 2.32. The molecule has 180 valence electrons. The summed E-state index contributed by atoms with van der Waals surface area (Å²) in [6.45, 7) is 2.11. The number of halogens is 1. The van der Waals surface area contributed by atoms with Crippen LogP contribution in [0.3, 0.4) is 0 Å². The number of piperazine rings is 1. The van der Waals surface area contributed by atoms with Crippen molar-refractivity contribution in [2.75, 3.05) is 40.4 Å². The highest BCUT2D eigenvalue weighted by molar-refractivity contribution is 6.35. The molecule has 2 aromatic carbocycles. The fraction of sp³-hybridized carbons (Fsp3) is 0.400.